The molecule has 188 valence electrons. The van der Waals surface area contributed by atoms with Crippen LogP contribution < -0.4 is 20.3 Å². The molecule has 3 rings (SSSR count). The topological polar surface area (TPSA) is 104 Å². The number of ether oxygens (including phenoxy) is 1. The van der Waals surface area contributed by atoms with Crippen LogP contribution in [-0.2, 0) is 4.79 Å². The molecule has 10 heteroatoms. The lowest BCUT2D eigenvalue weighted by atomic mass is 10.1. The van der Waals surface area contributed by atoms with Crippen molar-refractivity contribution in [2.24, 2.45) is 0 Å². The lowest BCUT2D eigenvalue weighted by Gasteiger charge is -2.21. The smallest absolute Gasteiger partial charge is 0.259 e. The third-order valence-electron chi connectivity index (χ3n) is 5.52. The number of rotatable bonds is 9. The molecule has 0 aliphatic rings. The fraction of sp³-hybridized carbons (Fsp3) is 0.231. The normalized spacial score (nSPS) is 10.6. The molecule has 0 fully saturated rings. The van der Waals surface area contributed by atoms with E-state index in [1.807, 2.05) is 18.9 Å². The molecule has 36 heavy (non-hydrogen) atoms. The van der Waals surface area contributed by atoms with Crippen LogP contribution in [0.15, 0.2) is 60.8 Å². The van der Waals surface area contributed by atoms with Crippen molar-refractivity contribution >= 4 is 46.5 Å². The first kappa shape index (κ1) is 26.7. The zero-order valence-electron chi connectivity index (χ0n) is 20.5. The van der Waals surface area contributed by atoms with E-state index in [1.165, 1.54) is 19.4 Å². The van der Waals surface area contributed by atoms with Gasteiger partial charge in [0, 0.05) is 24.5 Å². The summed E-state index contributed by atoms with van der Waals surface area (Å²) >= 11 is 5.85. The van der Waals surface area contributed by atoms with Crippen molar-refractivity contribution in [3.05, 3.63) is 76.9 Å². The Labute approximate surface area is 215 Å². The summed E-state index contributed by atoms with van der Waals surface area (Å²) in [7, 11) is 5.05. The van der Waals surface area contributed by atoms with Gasteiger partial charge in [-0.15, -0.1) is 0 Å². The fourth-order valence-corrected chi connectivity index (χ4v) is 3.32. The van der Waals surface area contributed by atoms with E-state index >= 15 is 0 Å². The maximum atomic E-state index is 13.0. The predicted molar refractivity (Wildman–Crippen MR) is 141 cm³/mol. The molecule has 0 bridgehead atoms. The number of methoxy groups -OCH3 is 1. The van der Waals surface area contributed by atoms with Crippen LogP contribution in [-0.4, -0.2) is 61.9 Å². The molecular weight excluding hydrogens is 482 g/mol. The van der Waals surface area contributed by atoms with Gasteiger partial charge in [-0.2, -0.15) is 0 Å². The first-order valence-electron chi connectivity index (χ1n) is 11.2. The zero-order chi connectivity index (χ0) is 26.2. The molecule has 0 aliphatic heterocycles. The Morgan fingerprint density at radius 3 is 2.31 bits per heavy atom. The van der Waals surface area contributed by atoms with E-state index in [0.717, 1.165) is 6.54 Å². The summed E-state index contributed by atoms with van der Waals surface area (Å²) in [5.41, 5.74) is 1.53. The maximum absolute atomic E-state index is 13.0. The molecule has 3 amide bonds. The summed E-state index contributed by atoms with van der Waals surface area (Å²) in [5, 5.41) is 5.90. The summed E-state index contributed by atoms with van der Waals surface area (Å²) < 4.78 is 5.24. The summed E-state index contributed by atoms with van der Waals surface area (Å²) in [4.78, 5) is 45.8. The molecule has 0 atom stereocenters. The second-order valence-electron chi connectivity index (χ2n) is 8.01. The number of carbonyl (C=O) groups is 3. The van der Waals surface area contributed by atoms with Crippen molar-refractivity contribution < 1.29 is 19.1 Å². The number of amides is 3. The van der Waals surface area contributed by atoms with E-state index in [9.17, 15) is 14.4 Å². The molecule has 0 radical (unpaired) electrons. The second kappa shape index (κ2) is 12.1. The third kappa shape index (κ3) is 6.80. The van der Waals surface area contributed by atoms with Crippen molar-refractivity contribution in [1.29, 1.82) is 0 Å². The van der Waals surface area contributed by atoms with Crippen LogP contribution in [0.5, 0.6) is 5.75 Å². The SMILES string of the molecule is CCN(C)CC(=O)N(C)c1ccc(C(=O)Nc2ccc(OC)cc2C(=O)Nc2ccc(Cl)cn2)cc1. The van der Waals surface area contributed by atoms with Crippen LogP contribution in [0.3, 0.4) is 0 Å². The first-order chi connectivity index (χ1) is 17.2. The Hall–Kier alpha value is -3.95. The number of nitrogens with one attached hydrogen (secondary N) is 2. The van der Waals surface area contributed by atoms with Crippen molar-refractivity contribution in [1.82, 2.24) is 9.88 Å². The van der Waals surface area contributed by atoms with E-state index in [1.54, 1.807) is 60.5 Å². The number of nitrogens with zero attached hydrogens (tertiary/aromatic N) is 3. The Kier molecular flexibility index (Phi) is 8.99. The number of hydrogen-bond acceptors (Lipinski definition) is 6. The van der Waals surface area contributed by atoms with Crippen LogP contribution in [0, 0.1) is 0 Å². The largest absolute Gasteiger partial charge is 0.497 e. The summed E-state index contributed by atoms with van der Waals surface area (Å²) in [6.45, 7) is 3.04. The standard InChI is InChI=1S/C26H28ClN5O4/c1-5-31(2)16-24(33)32(3)19-9-6-17(7-10-19)25(34)29-22-12-11-20(36-4)14-21(22)26(35)30-23-13-8-18(27)15-28-23/h6-15H,5,16H2,1-4H3,(H,29,34)(H,28,30,35). The molecule has 0 unspecified atom stereocenters. The van der Waals surface area contributed by atoms with Gasteiger partial charge >= 0.3 is 0 Å². The van der Waals surface area contributed by atoms with Gasteiger partial charge in [0.2, 0.25) is 5.91 Å². The summed E-state index contributed by atoms with van der Waals surface area (Å²) in [5.74, 6) is -0.186. The van der Waals surface area contributed by atoms with Crippen molar-refractivity contribution in [2.75, 3.05) is 49.8 Å². The van der Waals surface area contributed by atoms with Crippen molar-refractivity contribution in [2.45, 2.75) is 6.92 Å². The highest BCUT2D eigenvalue weighted by Gasteiger charge is 2.18. The minimum Gasteiger partial charge on any atom is -0.497 e. The van der Waals surface area contributed by atoms with Crippen LogP contribution in [0.4, 0.5) is 17.2 Å². The van der Waals surface area contributed by atoms with Gasteiger partial charge in [0.1, 0.15) is 11.6 Å². The first-order valence-corrected chi connectivity index (χ1v) is 11.6. The van der Waals surface area contributed by atoms with Crippen LogP contribution in [0.1, 0.15) is 27.6 Å². The number of benzene rings is 2. The lowest BCUT2D eigenvalue weighted by Crippen LogP contribution is -2.36. The number of likely N-dealkylation sites (N-methyl/N-ethyl adjacent to an activating group) is 2. The second-order valence-corrected chi connectivity index (χ2v) is 8.45. The third-order valence-corrected chi connectivity index (χ3v) is 5.75. The van der Waals surface area contributed by atoms with Gasteiger partial charge in [-0.3, -0.25) is 19.3 Å². The zero-order valence-corrected chi connectivity index (χ0v) is 21.3. The van der Waals surface area contributed by atoms with Crippen LogP contribution in [0.25, 0.3) is 0 Å². The van der Waals surface area contributed by atoms with Crippen molar-refractivity contribution in [3.63, 3.8) is 0 Å². The maximum Gasteiger partial charge on any atom is 0.259 e. The predicted octanol–water partition coefficient (Wildman–Crippen LogP) is 4.16. The van der Waals surface area contributed by atoms with Gasteiger partial charge in [0.25, 0.3) is 11.8 Å². The molecule has 0 spiro atoms. The Morgan fingerprint density at radius 2 is 1.69 bits per heavy atom. The number of aromatic nitrogens is 1. The van der Waals surface area contributed by atoms with Gasteiger partial charge in [-0.1, -0.05) is 18.5 Å². The quantitative estimate of drug-likeness (QED) is 0.449. The summed E-state index contributed by atoms with van der Waals surface area (Å²) in [6, 6.07) is 14.6. The molecule has 0 aliphatic carbocycles. The van der Waals surface area contributed by atoms with E-state index < -0.39 is 11.8 Å². The lowest BCUT2D eigenvalue weighted by molar-refractivity contribution is -0.119. The van der Waals surface area contributed by atoms with Gasteiger partial charge in [0.05, 0.1) is 29.9 Å². The molecule has 1 aromatic heterocycles. The van der Waals surface area contributed by atoms with Crippen LogP contribution in [0.2, 0.25) is 5.02 Å². The number of carbonyl (C=O) groups excluding carboxylic acids is 3. The molecule has 3 aromatic rings. The van der Waals surface area contributed by atoms with Gasteiger partial charge in [-0.25, -0.2) is 4.98 Å². The molecule has 0 saturated heterocycles. The average molecular weight is 510 g/mol. The van der Waals surface area contributed by atoms with Gasteiger partial charge in [0.15, 0.2) is 0 Å². The minimum absolute atomic E-state index is 0.0550. The molecule has 2 aromatic carbocycles. The average Bonchev–Trinajstić information content (AvgIpc) is 2.89. The Bertz CT molecular complexity index is 1230. The number of halogens is 1. The molecule has 9 nitrogen and oxygen atoms in total. The highest BCUT2D eigenvalue weighted by Crippen LogP contribution is 2.24. The Balaban J connectivity index is 1.76. The number of anilines is 3. The highest BCUT2D eigenvalue weighted by atomic mass is 35.5. The van der Waals surface area contributed by atoms with Gasteiger partial charge in [-0.05, 0) is 68.2 Å². The highest BCUT2D eigenvalue weighted by molar-refractivity contribution is 6.30. The summed E-state index contributed by atoms with van der Waals surface area (Å²) in [6.07, 6.45) is 1.42. The van der Waals surface area contributed by atoms with E-state index in [4.69, 9.17) is 16.3 Å². The minimum atomic E-state index is -0.480. The van der Waals surface area contributed by atoms with Gasteiger partial charge < -0.3 is 20.3 Å². The monoisotopic (exact) mass is 509 g/mol. The van der Waals surface area contributed by atoms with Crippen LogP contribution >= 0.6 is 11.6 Å². The van der Waals surface area contributed by atoms with E-state index in [0.29, 0.717) is 40.1 Å². The Morgan fingerprint density at radius 1 is 0.972 bits per heavy atom. The van der Waals surface area contributed by atoms with Crippen molar-refractivity contribution in [3.8, 4) is 5.75 Å². The molecule has 1 heterocycles. The molecular formula is C26H28ClN5O4. The van der Waals surface area contributed by atoms with E-state index in [-0.39, 0.29) is 11.5 Å². The van der Waals surface area contributed by atoms with E-state index in [2.05, 4.69) is 15.6 Å². The number of hydrogen-bond donors (Lipinski definition) is 2. The fourth-order valence-electron chi connectivity index (χ4n) is 3.20. The number of pyridine rings is 1. The molecule has 2 N–H and O–H groups in total. The molecule has 0 saturated carbocycles.